The largest absolute Gasteiger partial charge is 0.302 e. The fourth-order valence-corrected chi connectivity index (χ4v) is 3.42. The minimum absolute atomic E-state index is 0.631. The lowest BCUT2D eigenvalue weighted by Gasteiger charge is -2.30. The van der Waals surface area contributed by atoms with Gasteiger partial charge < -0.3 is 4.90 Å². The molecule has 0 saturated heterocycles. The summed E-state index contributed by atoms with van der Waals surface area (Å²) in [5, 5.41) is 10.2. The van der Waals surface area contributed by atoms with Crippen molar-refractivity contribution in [2.75, 3.05) is 13.6 Å². The fraction of sp³-hybridized carbons (Fsp3) is 0.208. The Morgan fingerprint density at radius 1 is 0.769 bits per heavy atom. The lowest BCUT2D eigenvalue weighted by atomic mass is 9.73. The number of rotatable bonds is 7. The maximum atomic E-state index is 10.2. The van der Waals surface area contributed by atoms with Gasteiger partial charge in [-0.25, -0.2) is 0 Å². The summed E-state index contributed by atoms with van der Waals surface area (Å²) in [7, 11) is 2.12. The van der Waals surface area contributed by atoms with Gasteiger partial charge in [0.15, 0.2) is 0 Å². The zero-order chi connectivity index (χ0) is 18.2. The second kappa shape index (κ2) is 8.47. The zero-order valence-corrected chi connectivity index (χ0v) is 15.2. The Bertz CT molecular complexity index is 796. The van der Waals surface area contributed by atoms with Crippen LogP contribution in [0, 0.1) is 11.3 Å². The Balaban J connectivity index is 1.84. The highest BCUT2D eigenvalue weighted by Crippen LogP contribution is 2.35. The highest BCUT2D eigenvalue weighted by molar-refractivity contribution is 5.45. The van der Waals surface area contributed by atoms with Crippen LogP contribution >= 0.6 is 0 Å². The third-order valence-electron chi connectivity index (χ3n) is 4.89. The molecule has 0 aliphatic heterocycles. The van der Waals surface area contributed by atoms with Gasteiger partial charge in [-0.05, 0) is 30.2 Å². The molecule has 0 spiro atoms. The van der Waals surface area contributed by atoms with Crippen molar-refractivity contribution in [1.29, 1.82) is 5.26 Å². The second-order valence-corrected chi connectivity index (χ2v) is 6.72. The van der Waals surface area contributed by atoms with Crippen LogP contribution in [0.15, 0.2) is 91.0 Å². The predicted molar refractivity (Wildman–Crippen MR) is 107 cm³/mol. The molecule has 0 amide bonds. The standard InChI is InChI=1S/C24H24N2/c1-26(19-21-11-5-2-6-12-21)18-17-24(20-25,22-13-7-3-8-14-22)23-15-9-4-10-16-23/h2-16H,17-19H2,1H3. The Hall–Kier alpha value is -2.89. The van der Waals surface area contributed by atoms with Crippen molar-refractivity contribution in [3.8, 4) is 6.07 Å². The molecule has 130 valence electrons. The molecule has 0 aliphatic rings. The molecule has 0 heterocycles. The topological polar surface area (TPSA) is 27.0 Å². The van der Waals surface area contributed by atoms with Gasteiger partial charge in [-0.2, -0.15) is 5.26 Å². The fourth-order valence-electron chi connectivity index (χ4n) is 3.42. The van der Waals surface area contributed by atoms with E-state index in [-0.39, 0.29) is 0 Å². The van der Waals surface area contributed by atoms with E-state index >= 15 is 0 Å². The van der Waals surface area contributed by atoms with E-state index in [0.717, 1.165) is 30.6 Å². The predicted octanol–water partition coefficient (Wildman–Crippen LogP) is 5.02. The number of hydrogen-bond acceptors (Lipinski definition) is 2. The van der Waals surface area contributed by atoms with E-state index in [0.29, 0.717) is 0 Å². The van der Waals surface area contributed by atoms with Crippen molar-refractivity contribution < 1.29 is 0 Å². The maximum Gasteiger partial charge on any atom is 0.108 e. The summed E-state index contributed by atoms with van der Waals surface area (Å²) in [4.78, 5) is 2.29. The third-order valence-corrected chi connectivity index (χ3v) is 4.89. The van der Waals surface area contributed by atoms with Gasteiger partial charge in [0.1, 0.15) is 5.41 Å². The van der Waals surface area contributed by atoms with Crippen molar-refractivity contribution >= 4 is 0 Å². The third kappa shape index (κ3) is 4.02. The van der Waals surface area contributed by atoms with Gasteiger partial charge in [0.25, 0.3) is 0 Å². The van der Waals surface area contributed by atoms with Gasteiger partial charge in [-0.1, -0.05) is 91.0 Å². The zero-order valence-electron chi connectivity index (χ0n) is 15.2. The van der Waals surface area contributed by atoms with Crippen LogP contribution < -0.4 is 0 Å². The van der Waals surface area contributed by atoms with Gasteiger partial charge in [0.2, 0.25) is 0 Å². The molecule has 3 rings (SSSR count). The molecule has 0 atom stereocenters. The molecule has 0 unspecified atom stereocenters. The van der Waals surface area contributed by atoms with Crippen LogP contribution in [0.3, 0.4) is 0 Å². The van der Waals surface area contributed by atoms with E-state index in [2.05, 4.69) is 66.5 Å². The van der Waals surface area contributed by atoms with Crippen LogP contribution in [0.25, 0.3) is 0 Å². The molecule has 26 heavy (non-hydrogen) atoms. The van der Waals surface area contributed by atoms with Crippen molar-refractivity contribution in [2.24, 2.45) is 0 Å². The lowest BCUT2D eigenvalue weighted by molar-refractivity contribution is 0.304. The molecule has 3 aromatic carbocycles. The Morgan fingerprint density at radius 3 is 1.69 bits per heavy atom. The normalized spacial score (nSPS) is 11.3. The Kier molecular flexibility index (Phi) is 5.84. The summed E-state index contributed by atoms with van der Waals surface area (Å²) in [5.74, 6) is 0. The molecular formula is C24H24N2. The molecule has 3 aromatic rings. The van der Waals surface area contributed by atoms with Gasteiger partial charge in [-0.15, -0.1) is 0 Å². The molecule has 0 aliphatic carbocycles. The van der Waals surface area contributed by atoms with Crippen molar-refractivity contribution in [1.82, 2.24) is 4.90 Å². The average molecular weight is 340 g/mol. The molecular weight excluding hydrogens is 316 g/mol. The van der Waals surface area contributed by atoms with Crippen LogP contribution in [0.1, 0.15) is 23.1 Å². The summed E-state index contributed by atoms with van der Waals surface area (Å²) in [6.07, 6.45) is 0.751. The number of nitriles is 1. The molecule has 0 saturated carbocycles. The lowest BCUT2D eigenvalue weighted by Crippen LogP contribution is -2.31. The summed E-state index contributed by atoms with van der Waals surface area (Å²) in [6, 6.07) is 33.4. The molecule has 2 heteroatoms. The van der Waals surface area contributed by atoms with Gasteiger partial charge in [0, 0.05) is 13.1 Å². The average Bonchev–Trinajstić information content (AvgIpc) is 2.71. The smallest absolute Gasteiger partial charge is 0.108 e. The van der Waals surface area contributed by atoms with Crippen molar-refractivity contribution in [3.63, 3.8) is 0 Å². The van der Waals surface area contributed by atoms with Crippen LogP contribution in [0.2, 0.25) is 0 Å². The summed E-state index contributed by atoms with van der Waals surface area (Å²) < 4.78 is 0. The van der Waals surface area contributed by atoms with Crippen molar-refractivity contribution in [2.45, 2.75) is 18.4 Å². The SMILES string of the molecule is CN(CCC(C#N)(c1ccccc1)c1ccccc1)Cc1ccccc1. The minimum atomic E-state index is -0.631. The van der Waals surface area contributed by atoms with Crippen LogP contribution in [0.5, 0.6) is 0 Å². The first kappa shape index (κ1) is 17.9. The number of hydrogen-bond donors (Lipinski definition) is 0. The molecule has 0 bridgehead atoms. The first-order valence-electron chi connectivity index (χ1n) is 8.99. The van der Waals surface area contributed by atoms with Crippen LogP contribution in [-0.2, 0) is 12.0 Å². The van der Waals surface area contributed by atoms with Crippen LogP contribution in [-0.4, -0.2) is 18.5 Å². The van der Waals surface area contributed by atoms with Gasteiger partial charge >= 0.3 is 0 Å². The highest BCUT2D eigenvalue weighted by atomic mass is 15.1. The summed E-state index contributed by atoms with van der Waals surface area (Å²) >= 11 is 0. The summed E-state index contributed by atoms with van der Waals surface area (Å²) in [6.45, 7) is 1.72. The van der Waals surface area contributed by atoms with Crippen LogP contribution in [0.4, 0.5) is 0 Å². The van der Waals surface area contributed by atoms with Gasteiger partial charge in [-0.3, -0.25) is 0 Å². The second-order valence-electron chi connectivity index (χ2n) is 6.72. The van der Waals surface area contributed by atoms with E-state index in [1.165, 1.54) is 5.56 Å². The van der Waals surface area contributed by atoms with E-state index < -0.39 is 5.41 Å². The Labute approximate surface area is 156 Å². The molecule has 2 nitrogen and oxygen atoms in total. The highest BCUT2D eigenvalue weighted by Gasteiger charge is 2.34. The van der Waals surface area contributed by atoms with E-state index in [9.17, 15) is 5.26 Å². The molecule has 0 fully saturated rings. The number of benzene rings is 3. The van der Waals surface area contributed by atoms with Gasteiger partial charge in [0.05, 0.1) is 6.07 Å². The van der Waals surface area contributed by atoms with E-state index in [4.69, 9.17) is 0 Å². The minimum Gasteiger partial charge on any atom is -0.302 e. The van der Waals surface area contributed by atoms with E-state index in [1.54, 1.807) is 0 Å². The molecule has 0 aromatic heterocycles. The quantitative estimate of drug-likeness (QED) is 0.604. The first-order chi connectivity index (χ1) is 12.7. The Morgan fingerprint density at radius 2 is 1.23 bits per heavy atom. The number of nitrogens with zero attached hydrogens (tertiary/aromatic N) is 2. The van der Waals surface area contributed by atoms with E-state index in [1.807, 2.05) is 42.5 Å². The van der Waals surface area contributed by atoms with Crippen molar-refractivity contribution in [3.05, 3.63) is 108 Å². The summed E-state index contributed by atoms with van der Waals surface area (Å²) in [5.41, 5.74) is 2.77. The first-order valence-corrected chi connectivity index (χ1v) is 8.99. The maximum absolute atomic E-state index is 10.2. The monoisotopic (exact) mass is 340 g/mol. The molecule has 0 N–H and O–H groups in total. The molecule has 0 radical (unpaired) electrons.